The molecule has 0 aromatic carbocycles. The first-order valence-corrected chi connectivity index (χ1v) is 8.35. The normalized spacial score (nSPS) is 20.1. The molecule has 1 atom stereocenters. The molecule has 1 heterocycles. The molecule has 1 rings (SSSR count). The van der Waals surface area contributed by atoms with Gasteiger partial charge in [0.2, 0.25) is 0 Å². The van der Waals surface area contributed by atoms with Crippen molar-refractivity contribution in [3.05, 3.63) is 0 Å². The number of nitrogens with one attached hydrogen (secondary N) is 1. The highest BCUT2D eigenvalue weighted by Gasteiger charge is 2.21. The minimum atomic E-state index is 0.379. The Labute approximate surface area is 126 Å². The van der Waals surface area contributed by atoms with E-state index in [1.54, 1.807) is 0 Å². The molecule has 122 valence electrons. The zero-order valence-electron chi connectivity index (χ0n) is 14.6. The molecule has 1 fully saturated rings. The number of hydrogen-bond acceptors (Lipinski definition) is 4. The minimum Gasteiger partial charge on any atom is -0.374 e. The maximum Gasteiger partial charge on any atom is 0.0829 e. The van der Waals surface area contributed by atoms with E-state index in [-0.39, 0.29) is 0 Å². The summed E-state index contributed by atoms with van der Waals surface area (Å²) in [6.07, 6.45) is 0.379. The van der Waals surface area contributed by atoms with Crippen molar-refractivity contribution in [3.8, 4) is 0 Å². The highest BCUT2D eigenvalue weighted by molar-refractivity contribution is 4.74. The van der Waals surface area contributed by atoms with Gasteiger partial charge < -0.3 is 15.0 Å². The molecule has 0 aliphatic carbocycles. The molecule has 1 N–H and O–H groups in total. The van der Waals surface area contributed by atoms with Gasteiger partial charge in [0.1, 0.15) is 0 Å². The van der Waals surface area contributed by atoms with Crippen molar-refractivity contribution < 1.29 is 4.74 Å². The Morgan fingerprint density at radius 2 is 2.05 bits per heavy atom. The number of hydrogen-bond donors (Lipinski definition) is 1. The number of rotatable bonds is 8. The lowest BCUT2D eigenvalue weighted by molar-refractivity contribution is -0.0408. The van der Waals surface area contributed by atoms with Gasteiger partial charge >= 0.3 is 0 Å². The van der Waals surface area contributed by atoms with Crippen molar-refractivity contribution in [2.24, 2.45) is 5.92 Å². The van der Waals surface area contributed by atoms with Gasteiger partial charge in [-0.3, -0.25) is 4.90 Å². The van der Waals surface area contributed by atoms with E-state index in [0.717, 1.165) is 58.3 Å². The predicted molar refractivity (Wildman–Crippen MR) is 88.4 cm³/mol. The second-order valence-electron chi connectivity index (χ2n) is 5.76. The fourth-order valence-corrected chi connectivity index (χ4v) is 2.55. The van der Waals surface area contributed by atoms with Crippen LogP contribution >= 0.6 is 0 Å². The molecular formula is C16H37N3O. The Balaban J connectivity index is 0.00000172. The van der Waals surface area contributed by atoms with Crippen LogP contribution in [0, 0.1) is 5.92 Å². The third-order valence-electron chi connectivity index (χ3n) is 3.27. The molecule has 0 aromatic heterocycles. The van der Waals surface area contributed by atoms with Gasteiger partial charge in [-0.1, -0.05) is 34.6 Å². The fourth-order valence-electron chi connectivity index (χ4n) is 2.55. The highest BCUT2D eigenvalue weighted by Crippen LogP contribution is 2.07. The van der Waals surface area contributed by atoms with Gasteiger partial charge in [0.15, 0.2) is 0 Å². The number of likely N-dealkylation sites (N-methyl/N-ethyl adjacent to an activating group) is 2. The molecule has 0 aromatic rings. The third kappa shape index (κ3) is 9.70. The molecule has 1 saturated heterocycles. The maximum absolute atomic E-state index is 5.86. The van der Waals surface area contributed by atoms with Crippen LogP contribution in [-0.2, 0) is 4.74 Å². The molecule has 0 bridgehead atoms. The van der Waals surface area contributed by atoms with Crippen LogP contribution in [0.5, 0.6) is 0 Å². The SMILES string of the molecule is CC.CCNCCN1CCOC(CN(C)CC(C)C)C1. The predicted octanol–water partition coefficient (Wildman–Crippen LogP) is 1.91. The number of ether oxygens (including phenoxy) is 1. The second kappa shape index (κ2) is 12.6. The summed E-state index contributed by atoms with van der Waals surface area (Å²) in [6.45, 7) is 19.2. The van der Waals surface area contributed by atoms with Gasteiger partial charge in [0.25, 0.3) is 0 Å². The molecule has 1 aliphatic rings. The lowest BCUT2D eigenvalue weighted by Crippen LogP contribution is -2.48. The van der Waals surface area contributed by atoms with E-state index in [0.29, 0.717) is 6.10 Å². The van der Waals surface area contributed by atoms with Crippen LogP contribution in [0.4, 0.5) is 0 Å². The van der Waals surface area contributed by atoms with Crippen LogP contribution in [0.15, 0.2) is 0 Å². The van der Waals surface area contributed by atoms with Gasteiger partial charge in [0.05, 0.1) is 12.7 Å². The van der Waals surface area contributed by atoms with Crippen molar-refractivity contribution >= 4 is 0 Å². The lowest BCUT2D eigenvalue weighted by atomic mass is 10.2. The Morgan fingerprint density at radius 1 is 1.35 bits per heavy atom. The average molecular weight is 287 g/mol. The largest absolute Gasteiger partial charge is 0.374 e. The molecule has 1 aliphatic heterocycles. The number of morpholine rings is 1. The maximum atomic E-state index is 5.86. The Kier molecular flexibility index (Phi) is 12.5. The zero-order valence-corrected chi connectivity index (χ0v) is 14.6. The Bertz CT molecular complexity index is 212. The van der Waals surface area contributed by atoms with Crippen molar-refractivity contribution in [2.45, 2.75) is 40.7 Å². The van der Waals surface area contributed by atoms with Gasteiger partial charge in [0, 0.05) is 39.3 Å². The standard InChI is InChI=1S/C14H31N3O.C2H6/c1-5-15-6-7-17-8-9-18-14(12-17)11-16(4)10-13(2)3;1-2/h13-15H,5-12H2,1-4H3;1-2H3. The molecule has 0 radical (unpaired) electrons. The third-order valence-corrected chi connectivity index (χ3v) is 3.27. The summed E-state index contributed by atoms with van der Waals surface area (Å²) < 4.78 is 5.86. The molecule has 0 saturated carbocycles. The summed E-state index contributed by atoms with van der Waals surface area (Å²) in [6, 6.07) is 0. The first kappa shape index (κ1) is 19.8. The molecule has 4 nitrogen and oxygen atoms in total. The van der Waals surface area contributed by atoms with Gasteiger partial charge in [-0.25, -0.2) is 0 Å². The van der Waals surface area contributed by atoms with E-state index in [1.165, 1.54) is 0 Å². The van der Waals surface area contributed by atoms with Gasteiger partial charge in [-0.05, 0) is 19.5 Å². The summed E-state index contributed by atoms with van der Waals surface area (Å²) in [7, 11) is 2.20. The summed E-state index contributed by atoms with van der Waals surface area (Å²) in [4.78, 5) is 4.91. The van der Waals surface area contributed by atoms with Crippen LogP contribution in [0.2, 0.25) is 0 Å². The Hall–Kier alpha value is -0.160. The van der Waals surface area contributed by atoms with Crippen LogP contribution in [0.3, 0.4) is 0 Å². The summed E-state index contributed by atoms with van der Waals surface area (Å²) >= 11 is 0. The number of nitrogens with zero attached hydrogens (tertiary/aromatic N) is 2. The first-order valence-electron chi connectivity index (χ1n) is 8.35. The van der Waals surface area contributed by atoms with Gasteiger partial charge in [-0.15, -0.1) is 0 Å². The van der Waals surface area contributed by atoms with Gasteiger partial charge in [-0.2, -0.15) is 0 Å². The molecule has 1 unspecified atom stereocenters. The van der Waals surface area contributed by atoms with E-state index in [4.69, 9.17) is 4.74 Å². The summed E-state index contributed by atoms with van der Waals surface area (Å²) in [5.41, 5.74) is 0. The lowest BCUT2D eigenvalue weighted by Gasteiger charge is -2.35. The van der Waals surface area contributed by atoms with Crippen LogP contribution in [0.1, 0.15) is 34.6 Å². The molecular weight excluding hydrogens is 250 g/mol. The van der Waals surface area contributed by atoms with E-state index in [1.807, 2.05) is 13.8 Å². The molecule has 0 amide bonds. The van der Waals surface area contributed by atoms with Crippen molar-refractivity contribution in [1.82, 2.24) is 15.1 Å². The van der Waals surface area contributed by atoms with Crippen LogP contribution in [-0.4, -0.2) is 75.4 Å². The van der Waals surface area contributed by atoms with E-state index >= 15 is 0 Å². The first-order chi connectivity index (χ1) is 9.61. The van der Waals surface area contributed by atoms with E-state index in [2.05, 4.69) is 42.9 Å². The van der Waals surface area contributed by atoms with E-state index in [9.17, 15) is 0 Å². The molecule has 20 heavy (non-hydrogen) atoms. The summed E-state index contributed by atoms with van der Waals surface area (Å²) in [5, 5.41) is 3.38. The summed E-state index contributed by atoms with van der Waals surface area (Å²) in [5.74, 6) is 0.725. The smallest absolute Gasteiger partial charge is 0.0829 e. The topological polar surface area (TPSA) is 27.7 Å². The minimum absolute atomic E-state index is 0.379. The van der Waals surface area contributed by atoms with Crippen LogP contribution in [0.25, 0.3) is 0 Å². The monoisotopic (exact) mass is 287 g/mol. The van der Waals surface area contributed by atoms with Crippen molar-refractivity contribution in [2.75, 3.05) is 59.5 Å². The van der Waals surface area contributed by atoms with Crippen molar-refractivity contribution in [1.29, 1.82) is 0 Å². The molecule has 0 spiro atoms. The molecule has 4 heteroatoms. The highest BCUT2D eigenvalue weighted by atomic mass is 16.5. The Morgan fingerprint density at radius 3 is 2.65 bits per heavy atom. The van der Waals surface area contributed by atoms with E-state index < -0.39 is 0 Å². The van der Waals surface area contributed by atoms with Crippen molar-refractivity contribution in [3.63, 3.8) is 0 Å². The fraction of sp³-hybridized carbons (Fsp3) is 1.00. The average Bonchev–Trinajstić information content (AvgIpc) is 2.41. The quantitative estimate of drug-likeness (QED) is 0.690. The van der Waals surface area contributed by atoms with Crippen LogP contribution < -0.4 is 5.32 Å². The second-order valence-corrected chi connectivity index (χ2v) is 5.76. The zero-order chi connectivity index (χ0) is 15.4.